The van der Waals surface area contributed by atoms with Crippen molar-refractivity contribution in [2.45, 2.75) is 13.3 Å². The molecular formula is C19H15BrO2. The van der Waals surface area contributed by atoms with E-state index in [1.165, 1.54) is 5.56 Å². The molecule has 3 aromatic rings. The number of rotatable bonds is 4. The second-order valence-corrected chi connectivity index (χ2v) is 6.00. The Morgan fingerprint density at radius 1 is 1.14 bits per heavy atom. The van der Waals surface area contributed by atoms with Crippen molar-refractivity contribution in [3.05, 3.63) is 76.0 Å². The number of aryl methyl sites for hydroxylation is 1. The third-order valence-electron chi connectivity index (χ3n) is 3.54. The second-order valence-electron chi connectivity index (χ2n) is 5.09. The van der Waals surface area contributed by atoms with E-state index in [0.29, 0.717) is 11.3 Å². The molecule has 0 saturated carbocycles. The van der Waals surface area contributed by atoms with Crippen LogP contribution >= 0.6 is 15.9 Å². The van der Waals surface area contributed by atoms with Gasteiger partial charge in [-0.1, -0.05) is 53.2 Å². The van der Waals surface area contributed by atoms with Crippen LogP contribution in [0.4, 0.5) is 0 Å². The number of fused-ring (bicyclic) bond motifs is 1. The Bertz CT molecular complexity index is 842. The summed E-state index contributed by atoms with van der Waals surface area (Å²) in [6.45, 7) is 2.12. The van der Waals surface area contributed by atoms with E-state index in [4.69, 9.17) is 4.42 Å². The lowest BCUT2D eigenvalue weighted by Crippen LogP contribution is -1.90. The summed E-state index contributed by atoms with van der Waals surface area (Å²) < 4.78 is 6.55. The standard InChI is InChI=1S/C19H15BrO2/c1-2-13-3-5-14(6-4-13)7-9-17(21)19-12-15-11-16(20)8-10-18(15)22-19/h3-12H,2H2,1H3/b9-7+. The molecular weight excluding hydrogens is 340 g/mol. The molecule has 1 heterocycles. The topological polar surface area (TPSA) is 30.2 Å². The lowest BCUT2D eigenvalue weighted by Gasteiger charge is -1.96. The largest absolute Gasteiger partial charge is 0.453 e. The molecule has 110 valence electrons. The molecule has 0 amide bonds. The number of allylic oxidation sites excluding steroid dienone is 1. The Kier molecular flexibility index (Phi) is 4.25. The smallest absolute Gasteiger partial charge is 0.221 e. The summed E-state index contributed by atoms with van der Waals surface area (Å²) in [7, 11) is 0. The zero-order valence-corrected chi connectivity index (χ0v) is 13.8. The van der Waals surface area contributed by atoms with E-state index in [1.54, 1.807) is 12.1 Å². The minimum absolute atomic E-state index is 0.133. The zero-order chi connectivity index (χ0) is 15.5. The summed E-state index contributed by atoms with van der Waals surface area (Å²) in [6.07, 6.45) is 4.37. The van der Waals surface area contributed by atoms with Crippen molar-refractivity contribution in [1.82, 2.24) is 0 Å². The van der Waals surface area contributed by atoms with Gasteiger partial charge in [0.2, 0.25) is 5.78 Å². The average Bonchev–Trinajstić information content (AvgIpc) is 2.96. The molecule has 2 aromatic carbocycles. The first-order valence-corrected chi connectivity index (χ1v) is 7.95. The van der Waals surface area contributed by atoms with Gasteiger partial charge in [0.05, 0.1) is 0 Å². The lowest BCUT2D eigenvalue weighted by atomic mass is 10.1. The molecule has 0 aliphatic rings. The van der Waals surface area contributed by atoms with E-state index in [0.717, 1.165) is 21.8 Å². The summed E-state index contributed by atoms with van der Waals surface area (Å²) in [5.41, 5.74) is 3.00. The fourth-order valence-electron chi connectivity index (χ4n) is 2.25. The summed E-state index contributed by atoms with van der Waals surface area (Å²) in [4.78, 5) is 12.2. The van der Waals surface area contributed by atoms with Crippen LogP contribution in [0.5, 0.6) is 0 Å². The van der Waals surface area contributed by atoms with E-state index in [9.17, 15) is 4.79 Å². The van der Waals surface area contributed by atoms with Gasteiger partial charge in [0.1, 0.15) is 5.58 Å². The number of furan rings is 1. The maximum Gasteiger partial charge on any atom is 0.221 e. The summed E-state index contributed by atoms with van der Waals surface area (Å²) in [6, 6.07) is 15.6. The molecule has 0 bridgehead atoms. The highest BCUT2D eigenvalue weighted by Gasteiger charge is 2.09. The number of hydrogen-bond acceptors (Lipinski definition) is 2. The van der Waals surface area contributed by atoms with Crippen LogP contribution in [0.25, 0.3) is 17.0 Å². The third kappa shape index (κ3) is 3.20. The molecule has 0 unspecified atom stereocenters. The van der Waals surface area contributed by atoms with E-state index < -0.39 is 0 Å². The van der Waals surface area contributed by atoms with Crippen LogP contribution in [0.15, 0.2) is 63.5 Å². The van der Waals surface area contributed by atoms with Gasteiger partial charge < -0.3 is 4.42 Å². The monoisotopic (exact) mass is 354 g/mol. The number of carbonyl (C=O) groups excluding carboxylic acids is 1. The summed E-state index contributed by atoms with van der Waals surface area (Å²) in [5.74, 6) is 0.224. The van der Waals surface area contributed by atoms with Crippen molar-refractivity contribution in [2.75, 3.05) is 0 Å². The van der Waals surface area contributed by atoms with Crippen LogP contribution < -0.4 is 0 Å². The van der Waals surface area contributed by atoms with E-state index in [-0.39, 0.29) is 5.78 Å². The number of benzene rings is 2. The SMILES string of the molecule is CCc1ccc(/C=C/C(=O)c2cc3cc(Br)ccc3o2)cc1. The van der Waals surface area contributed by atoms with Gasteiger partial charge in [-0.25, -0.2) is 0 Å². The van der Waals surface area contributed by atoms with Crippen molar-refractivity contribution < 1.29 is 9.21 Å². The van der Waals surface area contributed by atoms with E-state index in [1.807, 2.05) is 36.4 Å². The molecule has 0 aliphatic carbocycles. The quantitative estimate of drug-likeness (QED) is 0.447. The van der Waals surface area contributed by atoms with Crippen molar-refractivity contribution >= 4 is 38.8 Å². The van der Waals surface area contributed by atoms with Gasteiger partial charge in [-0.15, -0.1) is 0 Å². The zero-order valence-electron chi connectivity index (χ0n) is 12.2. The highest BCUT2D eigenvalue weighted by Crippen LogP contribution is 2.23. The molecule has 0 saturated heterocycles. The van der Waals surface area contributed by atoms with Gasteiger partial charge in [-0.2, -0.15) is 0 Å². The average molecular weight is 355 g/mol. The molecule has 22 heavy (non-hydrogen) atoms. The van der Waals surface area contributed by atoms with E-state index in [2.05, 4.69) is 35.0 Å². The fraction of sp³-hybridized carbons (Fsp3) is 0.105. The Hall–Kier alpha value is -2.13. The maximum absolute atomic E-state index is 12.2. The normalized spacial score (nSPS) is 11.4. The molecule has 0 atom stereocenters. The minimum atomic E-state index is -0.133. The first-order chi connectivity index (χ1) is 10.7. The number of carbonyl (C=O) groups is 1. The summed E-state index contributed by atoms with van der Waals surface area (Å²) >= 11 is 3.41. The molecule has 0 spiro atoms. The number of halogens is 1. The second kappa shape index (κ2) is 6.32. The number of ketones is 1. The van der Waals surface area contributed by atoms with Gasteiger partial charge >= 0.3 is 0 Å². The summed E-state index contributed by atoms with van der Waals surface area (Å²) in [5, 5.41) is 0.915. The third-order valence-corrected chi connectivity index (χ3v) is 4.03. The van der Waals surface area contributed by atoms with E-state index >= 15 is 0 Å². The van der Waals surface area contributed by atoms with Crippen molar-refractivity contribution in [3.8, 4) is 0 Å². The molecule has 3 heteroatoms. The number of hydrogen-bond donors (Lipinski definition) is 0. The predicted octanol–water partition coefficient (Wildman–Crippen LogP) is 5.65. The first-order valence-electron chi connectivity index (χ1n) is 7.16. The molecule has 1 aromatic heterocycles. The predicted molar refractivity (Wildman–Crippen MR) is 93.1 cm³/mol. The molecule has 0 fully saturated rings. The highest BCUT2D eigenvalue weighted by molar-refractivity contribution is 9.10. The molecule has 3 rings (SSSR count). The fourth-order valence-corrected chi connectivity index (χ4v) is 2.63. The molecule has 0 radical (unpaired) electrons. The van der Waals surface area contributed by atoms with Crippen LogP contribution in [-0.2, 0) is 6.42 Å². The van der Waals surface area contributed by atoms with Gasteiger partial charge in [-0.3, -0.25) is 4.79 Å². The molecule has 0 aliphatic heterocycles. The minimum Gasteiger partial charge on any atom is -0.453 e. The highest BCUT2D eigenvalue weighted by atomic mass is 79.9. The Morgan fingerprint density at radius 3 is 2.64 bits per heavy atom. The maximum atomic E-state index is 12.2. The molecule has 2 nitrogen and oxygen atoms in total. The van der Waals surface area contributed by atoms with Crippen LogP contribution in [0.2, 0.25) is 0 Å². The van der Waals surface area contributed by atoms with Crippen LogP contribution in [0.3, 0.4) is 0 Å². The Labute approximate surface area is 137 Å². The van der Waals surface area contributed by atoms with Crippen LogP contribution in [-0.4, -0.2) is 5.78 Å². The Morgan fingerprint density at radius 2 is 1.91 bits per heavy atom. The molecule has 0 N–H and O–H groups in total. The van der Waals surface area contributed by atoms with Crippen molar-refractivity contribution in [3.63, 3.8) is 0 Å². The van der Waals surface area contributed by atoms with Gasteiger partial charge in [0, 0.05) is 9.86 Å². The van der Waals surface area contributed by atoms with Gasteiger partial charge in [0.25, 0.3) is 0 Å². The lowest BCUT2D eigenvalue weighted by molar-refractivity contribution is 0.102. The first kappa shape index (κ1) is 14.8. The van der Waals surface area contributed by atoms with Gasteiger partial charge in [-0.05, 0) is 47.9 Å². The van der Waals surface area contributed by atoms with Crippen LogP contribution in [0.1, 0.15) is 28.6 Å². The van der Waals surface area contributed by atoms with Gasteiger partial charge in [0.15, 0.2) is 5.76 Å². The van der Waals surface area contributed by atoms with Crippen molar-refractivity contribution in [2.24, 2.45) is 0 Å². The van der Waals surface area contributed by atoms with Crippen LogP contribution in [0, 0.1) is 0 Å². The Balaban J connectivity index is 1.81. The van der Waals surface area contributed by atoms with Crippen molar-refractivity contribution in [1.29, 1.82) is 0 Å².